The van der Waals surface area contributed by atoms with Crippen LogP contribution in [0.2, 0.25) is 0 Å². The van der Waals surface area contributed by atoms with Crippen LogP contribution in [0.4, 0.5) is 5.82 Å². The van der Waals surface area contributed by atoms with Crippen molar-refractivity contribution >= 4 is 11.6 Å². The summed E-state index contributed by atoms with van der Waals surface area (Å²) in [6, 6.07) is 3.65. The number of ketones is 1. The predicted molar refractivity (Wildman–Crippen MR) is 47.5 cm³/mol. The molecule has 1 aromatic rings. The minimum atomic E-state index is 0.311. The molecule has 1 aliphatic carbocycles. The Labute approximate surface area is 76.2 Å². The van der Waals surface area contributed by atoms with Gasteiger partial charge in [-0.05, 0) is 23.6 Å². The summed E-state index contributed by atoms with van der Waals surface area (Å²) in [4.78, 5) is 17.9. The highest BCUT2D eigenvalue weighted by atomic mass is 16.1. The molecule has 0 amide bonds. The normalized spacial score (nSPS) is 16.4. The second-order valence-corrected chi connectivity index (χ2v) is 3.20. The highest BCUT2D eigenvalue weighted by Crippen LogP contribution is 2.34. The zero-order valence-corrected chi connectivity index (χ0v) is 7.03. The topological polar surface area (TPSA) is 34.3 Å². The lowest BCUT2D eigenvalue weighted by Gasteiger charge is -2.24. The minimum Gasteiger partial charge on any atom is -0.361 e. The van der Waals surface area contributed by atoms with Gasteiger partial charge in [0.15, 0.2) is 0 Å². The summed E-state index contributed by atoms with van der Waals surface area (Å²) in [5, 5.41) is 0. The van der Waals surface area contributed by atoms with Gasteiger partial charge in [0, 0.05) is 12.8 Å². The molecule has 1 heterocycles. The number of nitrogens with zero attached hydrogens (tertiary/aromatic N) is 2. The van der Waals surface area contributed by atoms with Gasteiger partial charge in [0.1, 0.15) is 12.0 Å². The molecule has 0 aliphatic heterocycles. The Hall–Kier alpha value is -1.69. The summed E-state index contributed by atoms with van der Waals surface area (Å²) >= 11 is 0. The summed E-state index contributed by atoms with van der Waals surface area (Å²) in [5.41, 5.74) is 1.07. The zero-order valence-electron chi connectivity index (χ0n) is 7.03. The van der Waals surface area contributed by atoms with Crippen LogP contribution in [-0.2, 0) is 4.79 Å². The molecule has 1 aromatic heterocycles. The smallest absolute Gasteiger partial charge is 0.269 e. The number of carbonyl (C=O) groups is 1. The van der Waals surface area contributed by atoms with E-state index in [1.54, 1.807) is 12.3 Å². The van der Waals surface area contributed by atoms with Crippen molar-refractivity contribution in [1.82, 2.24) is 4.98 Å². The third-order valence-electron chi connectivity index (χ3n) is 2.30. The molecule has 2 rings (SSSR count). The first-order chi connectivity index (χ1) is 6.29. The number of hydrogen-bond acceptors (Lipinski definition) is 2. The molecule has 0 unspecified atom stereocenters. The number of carbonyl (C=O) groups excluding carboxylic acids is 1. The highest BCUT2D eigenvalue weighted by Gasteiger charge is 2.27. The van der Waals surface area contributed by atoms with Crippen LogP contribution < -0.4 is 0 Å². The molecule has 0 spiro atoms. The van der Waals surface area contributed by atoms with Crippen LogP contribution in [0, 0.1) is 6.57 Å². The average Bonchev–Trinajstić information content (AvgIpc) is 2.13. The molecule has 0 N–H and O–H groups in total. The first-order valence-electron chi connectivity index (χ1n) is 4.14. The maximum atomic E-state index is 10.8. The quantitative estimate of drug-likeness (QED) is 0.608. The van der Waals surface area contributed by atoms with E-state index in [1.807, 2.05) is 6.07 Å². The molecule has 0 radical (unpaired) electrons. The molecule has 64 valence electrons. The van der Waals surface area contributed by atoms with Crippen molar-refractivity contribution in [1.29, 1.82) is 0 Å². The first-order valence-corrected chi connectivity index (χ1v) is 4.14. The van der Waals surface area contributed by atoms with Gasteiger partial charge in [0.2, 0.25) is 0 Å². The third kappa shape index (κ3) is 1.43. The molecule has 0 aromatic carbocycles. The molecule has 3 nitrogen and oxygen atoms in total. The molecule has 0 atom stereocenters. The van der Waals surface area contributed by atoms with Crippen LogP contribution in [0.1, 0.15) is 24.3 Å². The SMILES string of the molecule is [C-]#[N+]c1cc(C2CC(=O)C2)ccn1. The summed E-state index contributed by atoms with van der Waals surface area (Å²) in [6.07, 6.45) is 2.88. The van der Waals surface area contributed by atoms with Gasteiger partial charge < -0.3 is 4.85 Å². The molecular formula is C10H8N2O. The van der Waals surface area contributed by atoms with E-state index in [1.165, 1.54) is 0 Å². The van der Waals surface area contributed by atoms with Gasteiger partial charge in [-0.2, -0.15) is 0 Å². The van der Waals surface area contributed by atoms with Gasteiger partial charge in [-0.15, -0.1) is 4.98 Å². The zero-order chi connectivity index (χ0) is 9.26. The van der Waals surface area contributed by atoms with Crippen LogP contribution in [0.3, 0.4) is 0 Å². The Morgan fingerprint density at radius 1 is 1.54 bits per heavy atom. The second-order valence-electron chi connectivity index (χ2n) is 3.20. The Bertz CT molecular complexity index is 384. The lowest BCUT2D eigenvalue weighted by Crippen LogP contribution is -2.20. The molecule has 13 heavy (non-hydrogen) atoms. The fourth-order valence-electron chi connectivity index (χ4n) is 1.47. The van der Waals surface area contributed by atoms with Gasteiger partial charge in [0.25, 0.3) is 5.82 Å². The lowest BCUT2D eigenvalue weighted by atomic mass is 9.79. The van der Waals surface area contributed by atoms with Gasteiger partial charge in [-0.1, -0.05) is 6.57 Å². The van der Waals surface area contributed by atoms with E-state index in [0.717, 1.165) is 5.56 Å². The van der Waals surface area contributed by atoms with Crippen molar-refractivity contribution in [3.63, 3.8) is 0 Å². The van der Waals surface area contributed by atoms with Crippen molar-refractivity contribution in [2.24, 2.45) is 0 Å². The molecule has 1 fully saturated rings. The monoisotopic (exact) mass is 172 g/mol. The number of rotatable bonds is 1. The second kappa shape index (κ2) is 2.98. The van der Waals surface area contributed by atoms with Crippen LogP contribution in [0.5, 0.6) is 0 Å². The highest BCUT2D eigenvalue weighted by molar-refractivity contribution is 5.86. The van der Waals surface area contributed by atoms with E-state index in [-0.39, 0.29) is 0 Å². The molecule has 3 heteroatoms. The lowest BCUT2D eigenvalue weighted by molar-refractivity contribution is -0.124. The largest absolute Gasteiger partial charge is 0.361 e. The van der Waals surface area contributed by atoms with Crippen molar-refractivity contribution in [3.8, 4) is 0 Å². The Balaban J connectivity index is 2.22. The summed E-state index contributed by atoms with van der Waals surface area (Å²) in [5.74, 6) is 1.05. The number of aromatic nitrogens is 1. The molecule has 1 saturated carbocycles. The van der Waals surface area contributed by atoms with Gasteiger partial charge in [0.05, 0.1) is 0 Å². The Morgan fingerprint density at radius 2 is 2.31 bits per heavy atom. The Morgan fingerprint density at radius 3 is 2.92 bits per heavy atom. The summed E-state index contributed by atoms with van der Waals surface area (Å²) in [7, 11) is 0. The van der Waals surface area contributed by atoms with E-state index >= 15 is 0 Å². The van der Waals surface area contributed by atoms with E-state index in [2.05, 4.69) is 9.83 Å². The number of Topliss-reactive ketones (excluding diaryl/α,β-unsaturated/α-hetero) is 1. The maximum absolute atomic E-state index is 10.8. The van der Waals surface area contributed by atoms with Crippen molar-refractivity contribution in [2.75, 3.05) is 0 Å². The van der Waals surface area contributed by atoms with Gasteiger partial charge in [-0.25, -0.2) is 0 Å². The molecule has 0 bridgehead atoms. The Kier molecular flexibility index (Phi) is 1.82. The van der Waals surface area contributed by atoms with E-state index in [0.29, 0.717) is 30.4 Å². The van der Waals surface area contributed by atoms with E-state index < -0.39 is 0 Å². The van der Waals surface area contributed by atoms with Crippen molar-refractivity contribution in [2.45, 2.75) is 18.8 Å². The maximum Gasteiger partial charge on any atom is 0.269 e. The first kappa shape index (κ1) is 7.93. The van der Waals surface area contributed by atoms with E-state index in [9.17, 15) is 4.79 Å². The van der Waals surface area contributed by atoms with E-state index in [4.69, 9.17) is 6.57 Å². The van der Waals surface area contributed by atoms with Crippen LogP contribution in [-0.4, -0.2) is 10.8 Å². The molecule has 1 aliphatic rings. The van der Waals surface area contributed by atoms with Crippen molar-refractivity contribution < 1.29 is 4.79 Å². The van der Waals surface area contributed by atoms with Gasteiger partial charge in [-0.3, -0.25) is 4.79 Å². The average molecular weight is 172 g/mol. The standard InChI is InChI=1S/C10H8N2O/c1-11-10-6-7(2-3-12-10)8-4-9(13)5-8/h2-3,6,8H,4-5H2. The summed E-state index contributed by atoms with van der Waals surface area (Å²) in [6.45, 7) is 6.79. The van der Waals surface area contributed by atoms with Crippen molar-refractivity contribution in [3.05, 3.63) is 35.3 Å². The molecular weight excluding hydrogens is 164 g/mol. The number of hydrogen-bond donors (Lipinski definition) is 0. The fourth-order valence-corrected chi connectivity index (χ4v) is 1.47. The van der Waals surface area contributed by atoms with Gasteiger partial charge >= 0.3 is 0 Å². The van der Waals surface area contributed by atoms with Crippen LogP contribution in [0.15, 0.2) is 18.3 Å². The third-order valence-corrected chi connectivity index (χ3v) is 2.30. The predicted octanol–water partition coefficient (Wildman–Crippen LogP) is 2.08. The minimum absolute atomic E-state index is 0.311. The molecule has 0 saturated heterocycles. The van der Waals surface area contributed by atoms with Crippen LogP contribution >= 0.6 is 0 Å². The van der Waals surface area contributed by atoms with Crippen LogP contribution in [0.25, 0.3) is 4.85 Å². The number of pyridine rings is 1. The summed E-state index contributed by atoms with van der Waals surface area (Å²) < 4.78 is 0. The fraction of sp³-hybridized carbons (Fsp3) is 0.300.